The average Bonchev–Trinajstić information content (AvgIpc) is 3.10. The molecule has 0 saturated carbocycles. The maximum atomic E-state index is 12.0. The first-order valence-corrected chi connectivity index (χ1v) is 8.06. The molecule has 1 fully saturated rings. The van der Waals surface area contributed by atoms with Crippen molar-refractivity contribution >= 4 is 30.7 Å². The molecular weight excluding hydrogens is 365 g/mol. The topological polar surface area (TPSA) is 76.8 Å². The number of nitrogens with two attached hydrogens (primary N) is 1. The molecule has 8 heteroatoms. The molecule has 0 radical (unpaired) electrons. The van der Waals surface area contributed by atoms with Crippen LogP contribution in [0.25, 0.3) is 0 Å². The first-order chi connectivity index (χ1) is 11.2. The number of nitrogens with zero attached hydrogens (tertiary/aromatic N) is 1. The van der Waals surface area contributed by atoms with Gasteiger partial charge in [0, 0.05) is 13.7 Å². The maximum absolute atomic E-state index is 12.0. The lowest BCUT2D eigenvalue weighted by molar-refractivity contribution is -0.123. The van der Waals surface area contributed by atoms with Gasteiger partial charge in [0.15, 0.2) is 0 Å². The van der Waals surface area contributed by atoms with Crippen LogP contribution in [0.5, 0.6) is 5.75 Å². The van der Waals surface area contributed by atoms with Crippen LogP contribution >= 0.6 is 24.8 Å². The van der Waals surface area contributed by atoms with Crippen LogP contribution in [0.1, 0.15) is 24.4 Å². The van der Waals surface area contributed by atoms with Gasteiger partial charge in [-0.2, -0.15) is 0 Å². The quantitative estimate of drug-likeness (QED) is 0.703. The number of carbonyl (C=O) groups excluding carboxylic acids is 1. The number of methoxy groups -OCH3 is 2. The van der Waals surface area contributed by atoms with Crippen LogP contribution in [0.15, 0.2) is 24.3 Å². The van der Waals surface area contributed by atoms with E-state index in [1.807, 2.05) is 12.1 Å². The molecule has 0 bridgehead atoms. The minimum absolute atomic E-state index is 0. The van der Waals surface area contributed by atoms with Crippen LogP contribution in [-0.2, 0) is 9.53 Å². The highest BCUT2D eigenvalue weighted by Gasteiger charge is 2.24. The SMILES string of the molecule is COCC(N)C(=O)NCC(c1ccc(OC)cc1)N1CCCC1.Cl.Cl. The van der Waals surface area contributed by atoms with Crippen molar-refractivity contribution in [2.45, 2.75) is 24.9 Å². The summed E-state index contributed by atoms with van der Waals surface area (Å²) in [6.45, 7) is 2.87. The van der Waals surface area contributed by atoms with Gasteiger partial charge in [-0.05, 0) is 43.6 Å². The van der Waals surface area contributed by atoms with Crippen LogP contribution in [0.3, 0.4) is 0 Å². The predicted octanol–water partition coefficient (Wildman–Crippen LogP) is 1.77. The van der Waals surface area contributed by atoms with Gasteiger partial charge in [0.2, 0.25) is 5.91 Å². The monoisotopic (exact) mass is 393 g/mol. The first-order valence-electron chi connectivity index (χ1n) is 8.06. The van der Waals surface area contributed by atoms with Gasteiger partial charge in [-0.15, -0.1) is 24.8 Å². The van der Waals surface area contributed by atoms with E-state index in [1.54, 1.807) is 7.11 Å². The summed E-state index contributed by atoms with van der Waals surface area (Å²) < 4.78 is 10.1. The predicted molar refractivity (Wildman–Crippen MR) is 104 cm³/mol. The molecule has 1 heterocycles. The standard InChI is InChI=1S/C17H27N3O3.2ClH/c1-22-12-15(18)17(21)19-11-16(20-9-3-4-10-20)13-5-7-14(23-2)8-6-13;;/h5-8,15-16H,3-4,9-12,18H2,1-2H3,(H,19,21);2*1H. The highest BCUT2D eigenvalue weighted by Crippen LogP contribution is 2.26. The molecule has 25 heavy (non-hydrogen) atoms. The lowest BCUT2D eigenvalue weighted by atomic mass is 10.0. The molecule has 2 atom stereocenters. The number of hydrogen-bond donors (Lipinski definition) is 2. The zero-order valence-corrected chi connectivity index (χ0v) is 16.4. The fourth-order valence-corrected chi connectivity index (χ4v) is 2.92. The van der Waals surface area contributed by atoms with Crippen molar-refractivity contribution in [3.05, 3.63) is 29.8 Å². The molecule has 2 rings (SSSR count). The lowest BCUT2D eigenvalue weighted by Gasteiger charge is -2.28. The molecule has 1 aliphatic rings. The Labute approximate surface area is 162 Å². The van der Waals surface area contributed by atoms with Crippen LogP contribution in [-0.4, -0.2) is 57.3 Å². The third kappa shape index (κ3) is 6.99. The Bertz CT molecular complexity index is 496. The molecule has 1 saturated heterocycles. The van der Waals surface area contributed by atoms with Gasteiger partial charge in [-0.1, -0.05) is 12.1 Å². The van der Waals surface area contributed by atoms with Crippen LogP contribution in [0, 0.1) is 0 Å². The second-order valence-electron chi connectivity index (χ2n) is 5.84. The van der Waals surface area contributed by atoms with E-state index in [9.17, 15) is 4.79 Å². The molecule has 144 valence electrons. The summed E-state index contributed by atoms with van der Waals surface area (Å²) in [5.74, 6) is 0.657. The summed E-state index contributed by atoms with van der Waals surface area (Å²) in [5, 5.41) is 2.95. The van der Waals surface area contributed by atoms with Gasteiger partial charge in [0.1, 0.15) is 11.8 Å². The fourth-order valence-electron chi connectivity index (χ4n) is 2.92. The van der Waals surface area contributed by atoms with E-state index >= 15 is 0 Å². The van der Waals surface area contributed by atoms with E-state index in [4.69, 9.17) is 15.2 Å². The number of halogens is 2. The number of carbonyl (C=O) groups is 1. The zero-order chi connectivity index (χ0) is 16.7. The van der Waals surface area contributed by atoms with Gasteiger partial charge in [-0.25, -0.2) is 0 Å². The van der Waals surface area contributed by atoms with Crippen molar-refractivity contribution in [2.75, 3.05) is 40.5 Å². The lowest BCUT2D eigenvalue weighted by Crippen LogP contribution is -2.46. The zero-order valence-electron chi connectivity index (χ0n) is 14.8. The minimum atomic E-state index is -0.630. The first kappa shape index (κ1) is 23.9. The van der Waals surface area contributed by atoms with Crippen molar-refractivity contribution in [1.82, 2.24) is 10.2 Å². The molecule has 6 nitrogen and oxygen atoms in total. The summed E-state index contributed by atoms with van der Waals surface area (Å²) in [7, 11) is 3.20. The van der Waals surface area contributed by atoms with Gasteiger partial charge >= 0.3 is 0 Å². The largest absolute Gasteiger partial charge is 0.497 e. The summed E-state index contributed by atoms with van der Waals surface area (Å²) in [6.07, 6.45) is 2.40. The Morgan fingerprint density at radius 1 is 1.20 bits per heavy atom. The Morgan fingerprint density at radius 3 is 2.32 bits per heavy atom. The van der Waals surface area contributed by atoms with E-state index in [2.05, 4.69) is 22.3 Å². The number of likely N-dealkylation sites (tertiary alicyclic amines) is 1. The third-order valence-electron chi connectivity index (χ3n) is 4.23. The van der Waals surface area contributed by atoms with Crippen molar-refractivity contribution < 1.29 is 14.3 Å². The van der Waals surface area contributed by atoms with Crippen molar-refractivity contribution in [2.24, 2.45) is 5.73 Å². The maximum Gasteiger partial charge on any atom is 0.239 e. The van der Waals surface area contributed by atoms with Crippen molar-refractivity contribution in [3.8, 4) is 5.75 Å². The molecule has 1 aromatic carbocycles. The smallest absolute Gasteiger partial charge is 0.239 e. The molecule has 1 amide bonds. The van der Waals surface area contributed by atoms with Crippen LogP contribution in [0.2, 0.25) is 0 Å². The molecule has 0 aliphatic carbocycles. The number of benzene rings is 1. The molecule has 0 aromatic heterocycles. The van der Waals surface area contributed by atoms with E-state index in [0.29, 0.717) is 6.54 Å². The summed E-state index contributed by atoms with van der Waals surface area (Å²) in [6, 6.07) is 7.55. The molecule has 2 unspecified atom stereocenters. The van der Waals surface area contributed by atoms with E-state index < -0.39 is 6.04 Å². The summed E-state index contributed by atoms with van der Waals surface area (Å²) >= 11 is 0. The van der Waals surface area contributed by atoms with E-state index in [-0.39, 0.29) is 43.4 Å². The molecule has 1 aliphatic heterocycles. The van der Waals surface area contributed by atoms with Gasteiger partial charge < -0.3 is 20.5 Å². The second kappa shape index (κ2) is 12.3. The van der Waals surface area contributed by atoms with E-state index in [1.165, 1.54) is 25.5 Å². The third-order valence-corrected chi connectivity index (χ3v) is 4.23. The molecule has 3 N–H and O–H groups in total. The normalized spacial score (nSPS) is 16.3. The van der Waals surface area contributed by atoms with Gasteiger partial charge in [0.05, 0.1) is 19.8 Å². The number of rotatable bonds is 8. The molecule has 0 spiro atoms. The fraction of sp³-hybridized carbons (Fsp3) is 0.588. The van der Waals surface area contributed by atoms with Crippen molar-refractivity contribution in [1.29, 1.82) is 0 Å². The average molecular weight is 394 g/mol. The summed E-state index contributed by atoms with van der Waals surface area (Å²) in [4.78, 5) is 14.4. The van der Waals surface area contributed by atoms with Crippen LogP contribution in [0.4, 0.5) is 0 Å². The number of amides is 1. The van der Waals surface area contributed by atoms with Crippen LogP contribution < -0.4 is 15.8 Å². The highest BCUT2D eigenvalue weighted by atomic mass is 35.5. The number of ether oxygens (including phenoxy) is 2. The van der Waals surface area contributed by atoms with Gasteiger partial charge in [-0.3, -0.25) is 9.69 Å². The summed E-state index contributed by atoms with van der Waals surface area (Å²) in [5.41, 5.74) is 6.95. The van der Waals surface area contributed by atoms with E-state index in [0.717, 1.165) is 18.8 Å². The Morgan fingerprint density at radius 2 is 1.80 bits per heavy atom. The molecular formula is C17H29Cl2N3O3. The number of hydrogen-bond acceptors (Lipinski definition) is 5. The van der Waals surface area contributed by atoms with Crippen molar-refractivity contribution in [3.63, 3.8) is 0 Å². The van der Waals surface area contributed by atoms with Gasteiger partial charge in [0.25, 0.3) is 0 Å². The Hall–Kier alpha value is -1.05. The highest BCUT2D eigenvalue weighted by molar-refractivity contribution is 5.85. The Kier molecular flexibility index (Phi) is 11.8. The number of nitrogens with one attached hydrogen (secondary N) is 1. The minimum Gasteiger partial charge on any atom is -0.497 e. The molecule has 1 aromatic rings. The second-order valence-corrected chi connectivity index (χ2v) is 5.84. The Balaban J connectivity index is 0.00000288.